The molecule has 5 heavy (non-hydrogen) atoms. The molecular formula is C2H7ClNSn. The molecule has 0 aliphatic carbocycles. The van der Waals surface area contributed by atoms with E-state index in [9.17, 15) is 0 Å². The van der Waals surface area contributed by atoms with Gasteiger partial charge in [-0.25, -0.2) is 0 Å². The van der Waals surface area contributed by atoms with Gasteiger partial charge in [0.15, 0.2) is 0 Å². The Kier molecular flexibility index (Phi) is 16.7. The molecule has 0 aromatic carbocycles. The Morgan fingerprint density at radius 2 is 1.80 bits per heavy atom. The zero-order chi connectivity index (χ0) is 3.41. The molecule has 0 aromatic heterocycles. The van der Waals surface area contributed by atoms with Crippen LogP contribution in [0.2, 0.25) is 4.44 Å². The van der Waals surface area contributed by atoms with Crippen LogP contribution in [0.4, 0.5) is 0 Å². The molecule has 0 spiro atoms. The summed E-state index contributed by atoms with van der Waals surface area (Å²) in [4.78, 5) is 0. The second kappa shape index (κ2) is 8.90. The van der Waals surface area contributed by atoms with Gasteiger partial charge in [-0.3, -0.25) is 0 Å². The molecule has 0 atom stereocenters. The van der Waals surface area contributed by atoms with E-state index in [1.165, 1.54) is 4.44 Å². The molecule has 1 nitrogen and oxygen atoms in total. The van der Waals surface area contributed by atoms with Crippen LogP contribution in [0.1, 0.15) is 0 Å². The van der Waals surface area contributed by atoms with Gasteiger partial charge >= 0.3 is 39.2 Å². The molecule has 3 radical (unpaired) electrons. The van der Waals surface area contributed by atoms with Crippen molar-refractivity contribution >= 4 is 34.9 Å². The second-order valence-electron chi connectivity index (χ2n) is 0.539. The molecule has 0 rings (SSSR count). The van der Waals surface area contributed by atoms with Crippen molar-refractivity contribution in [3.8, 4) is 0 Å². The Bertz CT molecular complexity index is 11.6. The summed E-state index contributed by atoms with van der Waals surface area (Å²) in [5, 5.41) is 0. The molecule has 3 heteroatoms. The maximum atomic E-state index is 5.05. The van der Waals surface area contributed by atoms with E-state index < -0.39 is 0 Å². The van der Waals surface area contributed by atoms with E-state index in [-0.39, 0.29) is 12.4 Å². The van der Waals surface area contributed by atoms with Crippen LogP contribution < -0.4 is 5.73 Å². The van der Waals surface area contributed by atoms with E-state index in [2.05, 4.69) is 0 Å². The van der Waals surface area contributed by atoms with E-state index in [0.717, 1.165) is 6.54 Å². The van der Waals surface area contributed by atoms with Gasteiger partial charge in [0.2, 0.25) is 0 Å². The molecule has 0 amide bonds. The van der Waals surface area contributed by atoms with Crippen LogP contribution in [0.5, 0.6) is 0 Å². The average molecular weight is 199 g/mol. The van der Waals surface area contributed by atoms with Gasteiger partial charge in [0.1, 0.15) is 0 Å². The Hall–Kier alpha value is 1.05. The first-order valence-corrected chi connectivity index (χ1v) is 3.28. The molecule has 0 aliphatic rings. The molecule has 0 fully saturated rings. The summed E-state index contributed by atoms with van der Waals surface area (Å²) < 4.78 is 1.19. The molecule has 0 unspecified atom stereocenters. The summed E-state index contributed by atoms with van der Waals surface area (Å²) in [5.74, 6) is 0. The van der Waals surface area contributed by atoms with Gasteiger partial charge < -0.3 is 0 Å². The van der Waals surface area contributed by atoms with Gasteiger partial charge in [-0.2, -0.15) is 0 Å². The molecule has 31 valence electrons. The van der Waals surface area contributed by atoms with Crippen molar-refractivity contribution in [2.45, 2.75) is 4.44 Å². The minimum absolute atomic E-state index is 0. The second-order valence-corrected chi connectivity index (χ2v) is 1.97. The first-order valence-electron chi connectivity index (χ1n) is 1.26. The van der Waals surface area contributed by atoms with Gasteiger partial charge in [0.05, 0.1) is 0 Å². The zero-order valence-corrected chi connectivity index (χ0v) is 6.57. The van der Waals surface area contributed by atoms with Crippen LogP contribution >= 0.6 is 12.4 Å². The summed E-state index contributed by atoms with van der Waals surface area (Å²) in [5.41, 5.74) is 5.05. The summed E-state index contributed by atoms with van der Waals surface area (Å²) >= 11 is 1.54. The van der Waals surface area contributed by atoms with Crippen molar-refractivity contribution in [3.05, 3.63) is 0 Å². The molecule has 0 bridgehead atoms. The van der Waals surface area contributed by atoms with Gasteiger partial charge in [0.25, 0.3) is 0 Å². The monoisotopic (exact) mass is 200 g/mol. The number of hydrogen-bond donors (Lipinski definition) is 1. The topological polar surface area (TPSA) is 26.0 Å². The SMILES string of the molecule is Cl.NC[CH2][Sn]. The van der Waals surface area contributed by atoms with Crippen molar-refractivity contribution in [2.24, 2.45) is 5.73 Å². The van der Waals surface area contributed by atoms with E-state index in [1.54, 1.807) is 22.5 Å². The fourth-order valence-corrected chi connectivity index (χ4v) is 0. The fraction of sp³-hybridized carbons (Fsp3) is 1.00. The van der Waals surface area contributed by atoms with Crippen LogP contribution in [-0.2, 0) is 0 Å². The Balaban J connectivity index is 0. The quantitative estimate of drug-likeness (QED) is 0.589. The fourth-order valence-electron chi connectivity index (χ4n) is 0. The molecule has 0 aliphatic heterocycles. The van der Waals surface area contributed by atoms with Crippen LogP contribution in [-0.4, -0.2) is 29.1 Å². The summed E-state index contributed by atoms with van der Waals surface area (Å²) in [6, 6.07) is 0. The predicted molar refractivity (Wildman–Crippen MR) is 26.9 cm³/mol. The van der Waals surface area contributed by atoms with E-state index in [4.69, 9.17) is 5.73 Å². The van der Waals surface area contributed by atoms with Gasteiger partial charge in [-0.1, -0.05) is 0 Å². The van der Waals surface area contributed by atoms with Crippen molar-refractivity contribution in [1.82, 2.24) is 0 Å². The molecule has 2 N–H and O–H groups in total. The van der Waals surface area contributed by atoms with E-state index in [1.807, 2.05) is 0 Å². The number of rotatable bonds is 1. The zero-order valence-electron chi connectivity index (χ0n) is 2.90. The third kappa shape index (κ3) is 11.2. The summed E-state index contributed by atoms with van der Waals surface area (Å²) in [6.45, 7) is 0.859. The van der Waals surface area contributed by atoms with Crippen molar-refractivity contribution < 1.29 is 0 Å². The Morgan fingerprint density at radius 3 is 1.80 bits per heavy atom. The molecule has 0 saturated heterocycles. The number of nitrogens with two attached hydrogens (primary N) is 1. The van der Waals surface area contributed by atoms with Gasteiger partial charge in [-0.05, 0) is 0 Å². The van der Waals surface area contributed by atoms with Crippen LogP contribution in [0.25, 0.3) is 0 Å². The third-order valence-corrected chi connectivity index (χ3v) is 0.968. The van der Waals surface area contributed by atoms with Gasteiger partial charge in [-0.15, -0.1) is 12.4 Å². The third-order valence-electron chi connectivity index (χ3n) is 0.144. The van der Waals surface area contributed by atoms with Crippen molar-refractivity contribution in [3.63, 3.8) is 0 Å². The number of halogens is 1. The van der Waals surface area contributed by atoms with Gasteiger partial charge in [0, 0.05) is 0 Å². The van der Waals surface area contributed by atoms with Crippen molar-refractivity contribution in [2.75, 3.05) is 6.54 Å². The maximum absolute atomic E-state index is 5.05. The standard InChI is InChI=1S/C2H6N.ClH.Sn/c1-2-3;;/h1-3H2;1H;. The first kappa shape index (κ1) is 9.41. The first-order chi connectivity index (χ1) is 1.91. The van der Waals surface area contributed by atoms with Crippen LogP contribution in [0, 0.1) is 0 Å². The average Bonchev–Trinajstić information content (AvgIpc) is 1.37. The summed E-state index contributed by atoms with van der Waals surface area (Å²) in [7, 11) is 0. The Labute approximate surface area is 51.8 Å². The molecule has 0 saturated carbocycles. The van der Waals surface area contributed by atoms with Crippen molar-refractivity contribution in [1.29, 1.82) is 0 Å². The normalized spacial score (nSPS) is 6.00. The van der Waals surface area contributed by atoms with Crippen LogP contribution in [0.3, 0.4) is 0 Å². The predicted octanol–water partition coefficient (Wildman–Crippen LogP) is -0.0463. The van der Waals surface area contributed by atoms with Crippen LogP contribution in [0.15, 0.2) is 0 Å². The van der Waals surface area contributed by atoms with E-state index >= 15 is 0 Å². The van der Waals surface area contributed by atoms with E-state index in [0.29, 0.717) is 0 Å². The molecule has 0 heterocycles. The Morgan fingerprint density at radius 1 is 1.60 bits per heavy atom. The molecule has 0 aromatic rings. The molecular weight excluding hydrogens is 192 g/mol. The number of hydrogen-bond acceptors (Lipinski definition) is 1. The minimum atomic E-state index is 0. The summed E-state index contributed by atoms with van der Waals surface area (Å²) in [6.07, 6.45) is 0.